The van der Waals surface area contributed by atoms with Crippen LogP contribution >= 0.6 is 0 Å². The van der Waals surface area contributed by atoms with Crippen molar-refractivity contribution in [2.24, 2.45) is 5.92 Å². The van der Waals surface area contributed by atoms with Crippen molar-refractivity contribution in [1.29, 1.82) is 0 Å². The van der Waals surface area contributed by atoms with Crippen LogP contribution in [0.5, 0.6) is 0 Å². The van der Waals surface area contributed by atoms with Gasteiger partial charge >= 0.3 is 0 Å². The number of rotatable bonds is 7. The normalized spacial score (nSPS) is 11.3. The number of fused-ring (bicyclic) bond motifs is 1. The van der Waals surface area contributed by atoms with E-state index in [4.69, 9.17) is 4.98 Å². The van der Waals surface area contributed by atoms with Crippen molar-refractivity contribution in [1.82, 2.24) is 10.3 Å². The maximum atomic E-state index is 4.90. The third-order valence-electron chi connectivity index (χ3n) is 3.71. The second-order valence-corrected chi connectivity index (χ2v) is 5.86. The highest BCUT2D eigenvalue weighted by molar-refractivity contribution is 5.81. The van der Waals surface area contributed by atoms with E-state index in [9.17, 15) is 0 Å². The third kappa shape index (κ3) is 3.94. The van der Waals surface area contributed by atoms with Crippen LogP contribution in [0.1, 0.15) is 33.3 Å². The van der Waals surface area contributed by atoms with E-state index in [0.29, 0.717) is 5.92 Å². The molecule has 0 aliphatic carbocycles. The van der Waals surface area contributed by atoms with E-state index in [2.05, 4.69) is 68.2 Å². The quantitative estimate of drug-likeness (QED) is 0.838. The van der Waals surface area contributed by atoms with Crippen LogP contribution in [-0.4, -0.2) is 24.6 Å². The number of aromatic nitrogens is 1. The summed E-state index contributed by atoms with van der Waals surface area (Å²) in [4.78, 5) is 7.23. The second-order valence-electron chi connectivity index (χ2n) is 5.86. The van der Waals surface area contributed by atoms with E-state index in [1.54, 1.807) is 0 Å². The number of nitrogens with zero attached hydrogens (tertiary/aromatic N) is 2. The number of hydrogen-bond donors (Lipinski definition) is 1. The molecule has 21 heavy (non-hydrogen) atoms. The molecule has 1 heterocycles. The summed E-state index contributed by atoms with van der Waals surface area (Å²) in [7, 11) is 0. The van der Waals surface area contributed by atoms with Crippen molar-refractivity contribution in [3.05, 3.63) is 35.9 Å². The molecule has 1 aromatic carbocycles. The molecule has 114 valence electrons. The molecule has 0 atom stereocenters. The molecule has 1 N–H and O–H groups in total. The molecule has 3 heteroatoms. The topological polar surface area (TPSA) is 28.2 Å². The van der Waals surface area contributed by atoms with Crippen molar-refractivity contribution in [3.8, 4) is 0 Å². The van der Waals surface area contributed by atoms with E-state index >= 15 is 0 Å². The highest BCUT2D eigenvalue weighted by Gasteiger charge is 2.12. The van der Waals surface area contributed by atoms with Gasteiger partial charge in [0.25, 0.3) is 0 Å². The van der Waals surface area contributed by atoms with E-state index in [1.165, 1.54) is 10.9 Å². The van der Waals surface area contributed by atoms with Gasteiger partial charge in [-0.1, -0.05) is 32.0 Å². The number of nitrogens with one attached hydrogen (secondary N) is 1. The Morgan fingerprint density at radius 1 is 1.14 bits per heavy atom. The Kier molecular flexibility index (Phi) is 5.57. The van der Waals surface area contributed by atoms with Gasteiger partial charge in [0.15, 0.2) is 0 Å². The molecule has 0 spiro atoms. The predicted octanol–water partition coefficient (Wildman–Crippen LogP) is 3.83. The molecule has 3 nitrogen and oxygen atoms in total. The number of pyridine rings is 1. The van der Waals surface area contributed by atoms with Gasteiger partial charge in [-0.2, -0.15) is 0 Å². The second kappa shape index (κ2) is 7.41. The molecule has 0 amide bonds. The van der Waals surface area contributed by atoms with Crippen LogP contribution in [0.15, 0.2) is 30.3 Å². The summed E-state index contributed by atoms with van der Waals surface area (Å²) in [5.74, 6) is 1.78. The van der Waals surface area contributed by atoms with Crippen molar-refractivity contribution in [2.75, 3.05) is 24.5 Å². The summed E-state index contributed by atoms with van der Waals surface area (Å²) in [5.41, 5.74) is 2.37. The average molecular weight is 285 g/mol. The first-order valence-electron chi connectivity index (χ1n) is 8.00. The minimum Gasteiger partial charge on any atom is -0.357 e. The van der Waals surface area contributed by atoms with Gasteiger partial charge in [-0.25, -0.2) is 4.98 Å². The maximum Gasteiger partial charge on any atom is 0.133 e. The number of para-hydroxylation sites is 1. The highest BCUT2D eigenvalue weighted by atomic mass is 15.2. The van der Waals surface area contributed by atoms with Gasteiger partial charge in [0.1, 0.15) is 5.82 Å². The fraction of sp³-hybridized carbons (Fsp3) is 0.500. The standard InChI is InChI=1S/C18H27N3/c1-5-21(6-2)18-16(13-19-12-14(3)4)11-15-9-7-8-10-17(15)20-18/h7-11,14,19H,5-6,12-13H2,1-4H3. The predicted molar refractivity (Wildman–Crippen MR) is 91.8 cm³/mol. The zero-order valence-corrected chi connectivity index (χ0v) is 13.7. The highest BCUT2D eigenvalue weighted by Crippen LogP contribution is 2.23. The Balaban J connectivity index is 2.36. The lowest BCUT2D eigenvalue weighted by molar-refractivity contribution is 0.551. The van der Waals surface area contributed by atoms with E-state index in [-0.39, 0.29) is 0 Å². The van der Waals surface area contributed by atoms with Crippen LogP contribution in [0, 0.1) is 5.92 Å². The Bertz CT molecular complexity index is 574. The lowest BCUT2D eigenvalue weighted by atomic mass is 10.1. The molecule has 0 bridgehead atoms. The third-order valence-corrected chi connectivity index (χ3v) is 3.71. The fourth-order valence-electron chi connectivity index (χ4n) is 2.57. The van der Waals surface area contributed by atoms with Gasteiger partial charge in [-0.3, -0.25) is 0 Å². The van der Waals surface area contributed by atoms with Crippen LogP contribution in [-0.2, 0) is 6.54 Å². The number of benzene rings is 1. The van der Waals surface area contributed by atoms with E-state index in [0.717, 1.165) is 37.5 Å². The van der Waals surface area contributed by atoms with Crippen LogP contribution in [0.4, 0.5) is 5.82 Å². The monoisotopic (exact) mass is 285 g/mol. The minimum absolute atomic E-state index is 0.662. The van der Waals surface area contributed by atoms with Gasteiger partial charge in [0, 0.05) is 30.6 Å². The number of hydrogen-bond acceptors (Lipinski definition) is 3. The smallest absolute Gasteiger partial charge is 0.133 e. The summed E-state index contributed by atoms with van der Waals surface area (Å²) >= 11 is 0. The molecule has 0 aliphatic heterocycles. The fourth-order valence-corrected chi connectivity index (χ4v) is 2.57. The lowest BCUT2D eigenvalue weighted by Crippen LogP contribution is -2.26. The molecule has 0 radical (unpaired) electrons. The van der Waals surface area contributed by atoms with Crippen molar-refractivity contribution in [3.63, 3.8) is 0 Å². The van der Waals surface area contributed by atoms with Crippen LogP contribution in [0.2, 0.25) is 0 Å². The zero-order chi connectivity index (χ0) is 15.2. The molecule has 0 saturated carbocycles. The molecule has 0 aliphatic rings. The molecule has 1 aromatic heterocycles. The van der Waals surface area contributed by atoms with E-state index in [1.807, 2.05) is 0 Å². The van der Waals surface area contributed by atoms with Crippen molar-refractivity contribution >= 4 is 16.7 Å². The lowest BCUT2D eigenvalue weighted by Gasteiger charge is -2.24. The first kappa shape index (κ1) is 15.8. The first-order valence-corrected chi connectivity index (χ1v) is 8.00. The van der Waals surface area contributed by atoms with Gasteiger partial charge in [0.2, 0.25) is 0 Å². The van der Waals surface area contributed by atoms with Gasteiger partial charge in [0.05, 0.1) is 5.52 Å². The first-order chi connectivity index (χ1) is 10.2. The molecular formula is C18H27N3. The van der Waals surface area contributed by atoms with Crippen LogP contribution in [0.25, 0.3) is 10.9 Å². The summed E-state index contributed by atoms with van der Waals surface area (Å²) in [5, 5.41) is 4.76. The Morgan fingerprint density at radius 2 is 1.86 bits per heavy atom. The summed E-state index contributed by atoms with van der Waals surface area (Å²) in [6.07, 6.45) is 0. The minimum atomic E-state index is 0.662. The molecule has 2 aromatic rings. The van der Waals surface area contributed by atoms with Crippen molar-refractivity contribution < 1.29 is 0 Å². The zero-order valence-electron chi connectivity index (χ0n) is 13.7. The summed E-state index contributed by atoms with van der Waals surface area (Å²) in [6.45, 7) is 12.7. The van der Waals surface area contributed by atoms with Crippen LogP contribution in [0.3, 0.4) is 0 Å². The Labute approximate surface area is 128 Å². The van der Waals surface area contributed by atoms with Gasteiger partial charge in [-0.15, -0.1) is 0 Å². The van der Waals surface area contributed by atoms with E-state index < -0.39 is 0 Å². The largest absolute Gasteiger partial charge is 0.357 e. The SMILES string of the molecule is CCN(CC)c1nc2ccccc2cc1CNCC(C)C. The number of anilines is 1. The van der Waals surface area contributed by atoms with Crippen LogP contribution < -0.4 is 10.2 Å². The van der Waals surface area contributed by atoms with Gasteiger partial charge in [-0.05, 0) is 38.4 Å². The summed E-state index contributed by atoms with van der Waals surface area (Å²) in [6, 6.07) is 10.6. The average Bonchev–Trinajstić information content (AvgIpc) is 2.48. The Morgan fingerprint density at radius 3 is 2.52 bits per heavy atom. The summed E-state index contributed by atoms with van der Waals surface area (Å²) < 4.78 is 0. The van der Waals surface area contributed by atoms with Crippen molar-refractivity contribution in [2.45, 2.75) is 34.2 Å². The van der Waals surface area contributed by atoms with Gasteiger partial charge < -0.3 is 10.2 Å². The molecule has 0 saturated heterocycles. The molecular weight excluding hydrogens is 258 g/mol. The maximum absolute atomic E-state index is 4.90. The Hall–Kier alpha value is -1.61. The molecule has 2 rings (SSSR count). The molecule has 0 fully saturated rings. The molecule has 0 unspecified atom stereocenters.